The molecule has 96 valence electrons. The molecule has 0 bridgehead atoms. The molecule has 0 aliphatic heterocycles. The number of nitrogens with one attached hydrogen (secondary N) is 1. The second-order valence-electron chi connectivity index (χ2n) is 5.46. The summed E-state index contributed by atoms with van der Waals surface area (Å²) in [4.78, 5) is 0. The molecule has 1 heterocycles. The Balaban J connectivity index is 2.04. The maximum absolute atomic E-state index is 9.95. The molecule has 0 saturated heterocycles. The second kappa shape index (κ2) is 4.32. The first-order valence-electron chi connectivity index (χ1n) is 6.72. The summed E-state index contributed by atoms with van der Waals surface area (Å²) in [6.45, 7) is 5.26. The lowest BCUT2D eigenvalue weighted by Crippen LogP contribution is -2.18. The standard InChI is InChI=1S/C15H20N2O/c1-10(2)17-12(9-16-11-6-7-11)8-13-14(17)4-3-5-15(13)18/h3-5,8,10-11,16,18H,6-7,9H2,1-2H3. The minimum Gasteiger partial charge on any atom is -0.507 e. The SMILES string of the molecule is CC(C)n1c(CNC2CC2)cc2c(O)cccc21. The van der Waals surface area contributed by atoms with E-state index < -0.39 is 0 Å². The van der Waals surface area contributed by atoms with Crippen LogP contribution in [0.2, 0.25) is 0 Å². The van der Waals surface area contributed by atoms with Crippen molar-refractivity contribution >= 4 is 10.9 Å². The largest absolute Gasteiger partial charge is 0.507 e. The van der Waals surface area contributed by atoms with Crippen LogP contribution in [-0.2, 0) is 6.54 Å². The lowest BCUT2D eigenvalue weighted by atomic mass is 10.2. The Morgan fingerprint density at radius 2 is 2.17 bits per heavy atom. The predicted octanol–water partition coefficient (Wildman–Crippen LogP) is 3.18. The van der Waals surface area contributed by atoms with Crippen molar-refractivity contribution in [3.05, 3.63) is 30.0 Å². The number of hydrogen-bond acceptors (Lipinski definition) is 2. The highest BCUT2D eigenvalue weighted by Crippen LogP contribution is 2.30. The molecule has 0 amide bonds. The van der Waals surface area contributed by atoms with Gasteiger partial charge in [0.15, 0.2) is 0 Å². The topological polar surface area (TPSA) is 37.2 Å². The van der Waals surface area contributed by atoms with Gasteiger partial charge in [0.25, 0.3) is 0 Å². The molecule has 1 aromatic carbocycles. The van der Waals surface area contributed by atoms with Crippen molar-refractivity contribution in [2.75, 3.05) is 0 Å². The molecule has 0 atom stereocenters. The molecule has 1 aromatic heterocycles. The molecule has 1 aliphatic rings. The number of hydrogen-bond donors (Lipinski definition) is 2. The Bertz CT molecular complexity index is 567. The van der Waals surface area contributed by atoms with Gasteiger partial charge in [0, 0.05) is 29.7 Å². The molecule has 3 heteroatoms. The fourth-order valence-corrected chi connectivity index (χ4v) is 2.57. The quantitative estimate of drug-likeness (QED) is 0.866. The van der Waals surface area contributed by atoms with E-state index in [1.54, 1.807) is 6.07 Å². The van der Waals surface area contributed by atoms with Crippen LogP contribution >= 0.6 is 0 Å². The molecule has 0 radical (unpaired) electrons. The van der Waals surface area contributed by atoms with Gasteiger partial charge in [0.2, 0.25) is 0 Å². The Kier molecular flexibility index (Phi) is 2.78. The summed E-state index contributed by atoms with van der Waals surface area (Å²) in [6, 6.07) is 8.97. The van der Waals surface area contributed by atoms with Crippen LogP contribution in [0.15, 0.2) is 24.3 Å². The van der Waals surface area contributed by atoms with E-state index in [2.05, 4.69) is 35.9 Å². The molecule has 2 aromatic rings. The first-order valence-corrected chi connectivity index (χ1v) is 6.72. The van der Waals surface area contributed by atoms with Gasteiger partial charge in [0.1, 0.15) is 5.75 Å². The highest BCUT2D eigenvalue weighted by molar-refractivity contribution is 5.87. The first-order chi connectivity index (χ1) is 8.66. The molecule has 3 nitrogen and oxygen atoms in total. The Hall–Kier alpha value is -1.48. The van der Waals surface area contributed by atoms with Gasteiger partial charge >= 0.3 is 0 Å². The van der Waals surface area contributed by atoms with E-state index in [0.717, 1.165) is 17.4 Å². The van der Waals surface area contributed by atoms with Crippen molar-refractivity contribution < 1.29 is 5.11 Å². The fraction of sp³-hybridized carbons (Fsp3) is 0.467. The van der Waals surface area contributed by atoms with Crippen molar-refractivity contribution in [1.29, 1.82) is 0 Å². The third-order valence-corrected chi connectivity index (χ3v) is 3.61. The Morgan fingerprint density at radius 1 is 1.39 bits per heavy atom. The molecule has 2 N–H and O–H groups in total. The van der Waals surface area contributed by atoms with E-state index in [-0.39, 0.29) is 0 Å². The molecule has 3 rings (SSSR count). The maximum Gasteiger partial charge on any atom is 0.124 e. The third-order valence-electron chi connectivity index (χ3n) is 3.61. The van der Waals surface area contributed by atoms with Crippen molar-refractivity contribution in [2.45, 2.75) is 45.3 Å². The molecule has 18 heavy (non-hydrogen) atoms. The van der Waals surface area contributed by atoms with Crippen LogP contribution in [0.25, 0.3) is 10.9 Å². The van der Waals surface area contributed by atoms with E-state index in [9.17, 15) is 5.11 Å². The molecule has 0 unspecified atom stereocenters. The van der Waals surface area contributed by atoms with Gasteiger partial charge < -0.3 is 15.0 Å². The van der Waals surface area contributed by atoms with Crippen molar-refractivity contribution in [3.8, 4) is 5.75 Å². The Labute approximate surface area is 107 Å². The number of rotatable bonds is 4. The predicted molar refractivity (Wildman–Crippen MR) is 73.8 cm³/mol. The normalized spacial score (nSPS) is 15.7. The number of phenols is 1. The minimum atomic E-state index is 0.375. The van der Waals surface area contributed by atoms with Crippen LogP contribution in [-0.4, -0.2) is 15.7 Å². The average Bonchev–Trinajstić information content (AvgIpc) is 3.06. The van der Waals surface area contributed by atoms with Crippen molar-refractivity contribution in [3.63, 3.8) is 0 Å². The fourth-order valence-electron chi connectivity index (χ4n) is 2.57. The van der Waals surface area contributed by atoms with Crippen LogP contribution in [0.5, 0.6) is 5.75 Å². The average molecular weight is 244 g/mol. The highest BCUT2D eigenvalue weighted by Gasteiger charge is 2.21. The first kappa shape index (κ1) is 11.6. The highest BCUT2D eigenvalue weighted by atomic mass is 16.3. The monoisotopic (exact) mass is 244 g/mol. The summed E-state index contributed by atoms with van der Waals surface area (Å²) in [5.41, 5.74) is 2.38. The van der Waals surface area contributed by atoms with Gasteiger partial charge in [-0.05, 0) is 44.9 Å². The lowest BCUT2D eigenvalue weighted by Gasteiger charge is -2.15. The van der Waals surface area contributed by atoms with Crippen molar-refractivity contribution in [1.82, 2.24) is 9.88 Å². The summed E-state index contributed by atoms with van der Waals surface area (Å²) in [5, 5.41) is 14.5. The van der Waals surface area contributed by atoms with Gasteiger partial charge in [-0.15, -0.1) is 0 Å². The number of nitrogens with zero attached hydrogens (tertiary/aromatic N) is 1. The van der Waals surface area contributed by atoms with Gasteiger partial charge in [-0.25, -0.2) is 0 Å². The summed E-state index contributed by atoms with van der Waals surface area (Å²) in [6.07, 6.45) is 2.60. The third kappa shape index (κ3) is 1.99. The number of aromatic nitrogens is 1. The minimum absolute atomic E-state index is 0.375. The zero-order valence-corrected chi connectivity index (χ0v) is 11.0. The second-order valence-corrected chi connectivity index (χ2v) is 5.46. The summed E-state index contributed by atoms with van der Waals surface area (Å²) in [5.74, 6) is 0.375. The van der Waals surface area contributed by atoms with Gasteiger partial charge in [0.05, 0.1) is 5.52 Å². The smallest absolute Gasteiger partial charge is 0.124 e. The number of aromatic hydroxyl groups is 1. The number of phenolic OH excluding ortho intramolecular Hbond substituents is 1. The molecule has 1 saturated carbocycles. The number of fused-ring (bicyclic) bond motifs is 1. The van der Waals surface area contributed by atoms with Gasteiger partial charge in [-0.2, -0.15) is 0 Å². The lowest BCUT2D eigenvalue weighted by molar-refractivity contribution is 0.481. The molecular formula is C15H20N2O. The number of benzene rings is 1. The van der Waals surface area contributed by atoms with Crippen molar-refractivity contribution in [2.24, 2.45) is 0 Å². The molecule has 0 spiro atoms. The van der Waals surface area contributed by atoms with Gasteiger partial charge in [-0.3, -0.25) is 0 Å². The maximum atomic E-state index is 9.95. The van der Waals surface area contributed by atoms with E-state index >= 15 is 0 Å². The zero-order valence-electron chi connectivity index (χ0n) is 11.0. The summed E-state index contributed by atoms with van der Waals surface area (Å²) in [7, 11) is 0. The van der Waals surface area contributed by atoms with Crippen LogP contribution in [0, 0.1) is 0 Å². The van der Waals surface area contributed by atoms with Crippen LogP contribution in [0.1, 0.15) is 38.4 Å². The Morgan fingerprint density at radius 3 is 2.83 bits per heavy atom. The summed E-state index contributed by atoms with van der Waals surface area (Å²) < 4.78 is 2.31. The van der Waals surface area contributed by atoms with E-state index in [1.807, 2.05) is 6.07 Å². The molecule has 1 aliphatic carbocycles. The van der Waals surface area contributed by atoms with E-state index in [0.29, 0.717) is 17.8 Å². The van der Waals surface area contributed by atoms with Crippen LogP contribution < -0.4 is 5.32 Å². The zero-order chi connectivity index (χ0) is 12.7. The van der Waals surface area contributed by atoms with Gasteiger partial charge in [-0.1, -0.05) is 6.07 Å². The summed E-state index contributed by atoms with van der Waals surface area (Å²) >= 11 is 0. The van der Waals surface area contributed by atoms with Crippen LogP contribution in [0.3, 0.4) is 0 Å². The molecule has 1 fully saturated rings. The van der Waals surface area contributed by atoms with E-state index in [4.69, 9.17) is 0 Å². The van der Waals surface area contributed by atoms with E-state index in [1.165, 1.54) is 18.5 Å². The van der Waals surface area contributed by atoms with Crippen LogP contribution in [0.4, 0.5) is 0 Å². The molecular weight excluding hydrogens is 224 g/mol.